The molecule has 0 aliphatic heterocycles. The number of hydrogen-bond donors (Lipinski definition) is 1. The fraction of sp³-hybridized carbons (Fsp3) is 0.136. The first-order valence-electron chi connectivity index (χ1n) is 8.80. The Hall–Kier alpha value is -3.32. The van der Waals surface area contributed by atoms with Crippen LogP contribution in [0.4, 0.5) is 0 Å². The second-order valence-corrected chi connectivity index (χ2v) is 8.45. The molecular formula is C22H20O6S. The molecule has 0 unspecified atom stereocenters. The van der Waals surface area contributed by atoms with Gasteiger partial charge in [-0.25, -0.2) is 13.2 Å². The Bertz CT molecular complexity index is 1120. The third-order valence-corrected chi connectivity index (χ3v) is 5.98. The van der Waals surface area contributed by atoms with Crippen molar-refractivity contribution in [1.82, 2.24) is 0 Å². The summed E-state index contributed by atoms with van der Waals surface area (Å²) in [6.07, 6.45) is 0. The maximum Gasteiger partial charge on any atom is 0.349 e. The minimum atomic E-state index is -3.71. The molecule has 0 amide bonds. The second kappa shape index (κ2) is 8.36. The number of phenolic OH excluding ortho intramolecular Hbond substituents is 1. The summed E-state index contributed by atoms with van der Waals surface area (Å²) in [7, 11) is -3.71. The van der Waals surface area contributed by atoms with Crippen LogP contribution in [0.3, 0.4) is 0 Å². The molecular weight excluding hydrogens is 392 g/mol. The highest BCUT2D eigenvalue weighted by Gasteiger charge is 2.17. The number of aromatic hydroxyl groups is 1. The van der Waals surface area contributed by atoms with Crippen LogP contribution in [0.25, 0.3) is 0 Å². The molecule has 3 aromatic carbocycles. The van der Waals surface area contributed by atoms with Gasteiger partial charge in [0.1, 0.15) is 17.2 Å². The highest BCUT2D eigenvalue weighted by Crippen LogP contribution is 2.24. The largest absolute Gasteiger partial charge is 0.508 e. The minimum absolute atomic E-state index is 0.0135. The smallest absolute Gasteiger partial charge is 0.349 e. The van der Waals surface area contributed by atoms with Crippen molar-refractivity contribution in [2.45, 2.75) is 23.6 Å². The Balaban J connectivity index is 1.63. The van der Waals surface area contributed by atoms with Gasteiger partial charge in [0.25, 0.3) is 0 Å². The first-order chi connectivity index (χ1) is 13.8. The molecule has 0 bridgehead atoms. The molecule has 6 nitrogen and oxygen atoms in total. The summed E-state index contributed by atoms with van der Waals surface area (Å²) in [5.74, 6) is 0.241. The summed E-state index contributed by atoms with van der Waals surface area (Å²) in [6, 6.07) is 16.5. The van der Waals surface area contributed by atoms with Gasteiger partial charge < -0.3 is 14.6 Å². The molecule has 150 valence electrons. The number of sulfone groups is 1. The third kappa shape index (κ3) is 4.94. The van der Waals surface area contributed by atoms with Crippen molar-refractivity contribution in [3.63, 3.8) is 0 Å². The van der Waals surface area contributed by atoms with E-state index in [0.717, 1.165) is 11.1 Å². The fourth-order valence-electron chi connectivity index (χ4n) is 2.68. The van der Waals surface area contributed by atoms with E-state index in [2.05, 4.69) is 0 Å². The van der Waals surface area contributed by atoms with Crippen molar-refractivity contribution in [2.75, 3.05) is 6.61 Å². The Morgan fingerprint density at radius 2 is 1.48 bits per heavy atom. The molecule has 0 atom stereocenters. The van der Waals surface area contributed by atoms with Crippen LogP contribution >= 0.6 is 0 Å². The highest BCUT2D eigenvalue weighted by atomic mass is 32.2. The lowest BCUT2D eigenvalue weighted by Gasteiger charge is -2.10. The highest BCUT2D eigenvalue weighted by molar-refractivity contribution is 7.91. The van der Waals surface area contributed by atoms with Crippen molar-refractivity contribution in [3.05, 3.63) is 77.9 Å². The fourth-order valence-corrected chi connectivity index (χ4v) is 3.95. The average Bonchev–Trinajstić information content (AvgIpc) is 2.69. The quantitative estimate of drug-likeness (QED) is 0.489. The van der Waals surface area contributed by atoms with Crippen LogP contribution in [0.2, 0.25) is 0 Å². The maximum absolute atomic E-state index is 12.6. The monoisotopic (exact) mass is 412 g/mol. The predicted molar refractivity (Wildman–Crippen MR) is 107 cm³/mol. The molecule has 0 spiro atoms. The van der Waals surface area contributed by atoms with Crippen LogP contribution in [0.15, 0.2) is 76.5 Å². The van der Waals surface area contributed by atoms with Gasteiger partial charge in [-0.1, -0.05) is 17.7 Å². The molecule has 1 N–H and O–H groups in total. The number of ether oxygens (including phenoxy) is 2. The lowest BCUT2D eigenvalue weighted by Crippen LogP contribution is -2.18. The summed E-state index contributed by atoms with van der Waals surface area (Å²) in [5, 5.41) is 9.30. The summed E-state index contributed by atoms with van der Waals surface area (Å²) in [4.78, 5) is 12.1. The first-order valence-corrected chi connectivity index (χ1v) is 10.3. The maximum atomic E-state index is 12.6. The SMILES string of the molecule is Cc1ccc(OC(=O)COc2ccc(S(=O)(=O)c3ccc(O)cc3)cc2)c(C)c1. The lowest BCUT2D eigenvalue weighted by molar-refractivity contribution is -0.136. The van der Waals surface area contributed by atoms with E-state index < -0.39 is 15.8 Å². The van der Waals surface area contributed by atoms with E-state index in [1.165, 1.54) is 48.5 Å². The Labute approximate surface area is 169 Å². The summed E-state index contributed by atoms with van der Waals surface area (Å²) in [5.41, 5.74) is 1.92. The van der Waals surface area contributed by atoms with E-state index in [4.69, 9.17) is 9.47 Å². The number of carbonyl (C=O) groups is 1. The number of phenols is 1. The zero-order valence-corrected chi connectivity index (χ0v) is 16.8. The number of rotatable bonds is 6. The number of hydrogen-bond acceptors (Lipinski definition) is 6. The van der Waals surface area contributed by atoms with Crippen LogP contribution < -0.4 is 9.47 Å². The van der Waals surface area contributed by atoms with Gasteiger partial charge >= 0.3 is 5.97 Å². The van der Waals surface area contributed by atoms with Crippen molar-refractivity contribution < 1.29 is 27.8 Å². The molecule has 0 aromatic heterocycles. The first kappa shape index (κ1) is 20.4. The van der Waals surface area contributed by atoms with E-state index >= 15 is 0 Å². The minimum Gasteiger partial charge on any atom is -0.508 e. The predicted octanol–water partition coefficient (Wildman–Crippen LogP) is 3.83. The zero-order valence-electron chi connectivity index (χ0n) is 16.0. The normalized spacial score (nSPS) is 11.1. The summed E-state index contributed by atoms with van der Waals surface area (Å²) >= 11 is 0. The van der Waals surface area contributed by atoms with Crippen LogP contribution in [-0.4, -0.2) is 26.1 Å². The average molecular weight is 412 g/mol. The number of benzene rings is 3. The van der Waals surface area contributed by atoms with E-state index in [1.807, 2.05) is 26.0 Å². The number of esters is 1. The van der Waals surface area contributed by atoms with Gasteiger partial charge in [-0.05, 0) is 74.0 Å². The Morgan fingerprint density at radius 3 is 2.07 bits per heavy atom. The molecule has 7 heteroatoms. The standard InChI is InChI=1S/C22H20O6S/c1-15-3-12-21(16(2)13-15)28-22(24)14-27-18-6-10-20(11-7-18)29(25,26)19-8-4-17(23)5-9-19/h3-13,23H,14H2,1-2H3. The van der Waals surface area contributed by atoms with Crippen LogP contribution in [-0.2, 0) is 14.6 Å². The molecule has 0 fully saturated rings. The molecule has 29 heavy (non-hydrogen) atoms. The molecule has 0 aliphatic carbocycles. The van der Waals surface area contributed by atoms with E-state index in [0.29, 0.717) is 11.5 Å². The molecule has 0 saturated heterocycles. The molecule has 0 radical (unpaired) electrons. The van der Waals surface area contributed by atoms with Crippen molar-refractivity contribution >= 4 is 15.8 Å². The lowest BCUT2D eigenvalue weighted by atomic mass is 10.1. The number of aryl methyl sites for hydroxylation is 2. The van der Waals surface area contributed by atoms with Crippen molar-refractivity contribution in [3.8, 4) is 17.2 Å². The Kier molecular flexibility index (Phi) is 5.89. The van der Waals surface area contributed by atoms with Crippen molar-refractivity contribution in [1.29, 1.82) is 0 Å². The number of carbonyl (C=O) groups excluding carboxylic acids is 1. The van der Waals surface area contributed by atoms with Crippen molar-refractivity contribution in [2.24, 2.45) is 0 Å². The molecule has 0 saturated carbocycles. The Morgan fingerprint density at radius 1 is 0.897 bits per heavy atom. The second-order valence-electron chi connectivity index (χ2n) is 6.50. The summed E-state index contributed by atoms with van der Waals surface area (Å²) in [6.45, 7) is 3.49. The van der Waals surface area contributed by atoms with E-state index in [9.17, 15) is 18.3 Å². The summed E-state index contributed by atoms with van der Waals surface area (Å²) < 4.78 is 35.8. The van der Waals surface area contributed by atoms with Crippen LogP contribution in [0, 0.1) is 13.8 Å². The van der Waals surface area contributed by atoms with Gasteiger partial charge in [0.15, 0.2) is 6.61 Å². The third-order valence-electron chi connectivity index (χ3n) is 4.19. The molecule has 3 aromatic rings. The van der Waals surface area contributed by atoms with Gasteiger partial charge in [-0.3, -0.25) is 0 Å². The van der Waals surface area contributed by atoms with Crippen LogP contribution in [0.1, 0.15) is 11.1 Å². The van der Waals surface area contributed by atoms with Gasteiger partial charge in [0.2, 0.25) is 9.84 Å². The van der Waals surface area contributed by atoms with Gasteiger partial charge in [-0.15, -0.1) is 0 Å². The molecule has 0 heterocycles. The van der Waals surface area contributed by atoms with Gasteiger partial charge in [-0.2, -0.15) is 0 Å². The van der Waals surface area contributed by atoms with Gasteiger partial charge in [0, 0.05) is 0 Å². The topological polar surface area (TPSA) is 89.9 Å². The molecule has 3 rings (SSSR count). The van der Waals surface area contributed by atoms with Gasteiger partial charge in [0.05, 0.1) is 9.79 Å². The van der Waals surface area contributed by atoms with Crippen LogP contribution in [0.5, 0.6) is 17.2 Å². The zero-order chi connectivity index (χ0) is 21.0. The van der Waals surface area contributed by atoms with E-state index in [-0.39, 0.29) is 22.1 Å². The van der Waals surface area contributed by atoms with E-state index in [1.54, 1.807) is 6.07 Å². The molecule has 0 aliphatic rings.